The van der Waals surface area contributed by atoms with E-state index in [2.05, 4.69) is 13.8 Å². The molecule has 0 radical (unpaired) electrons. The molecule has 364 valence electrons. The van der Waals surface area contributed by atoms with Crippen molar-refractivity contribution in [2.75, 3.05) is 26.4 Å². The smallest absolute Gasteiger partial charge is 0.201 e. The third-order valence-corrected chi connectivity index (χ3v) is 16.5. The highest BCUT2D eigenvalue weighted by Gasteiger charge is 2.35. The van der Waals surface area contributed by atoms with Gasteiger partial charge in [0.05, 0.1) is 26.4 Å². The van der Waals surface area contributed by atoms with Gasteiger partial charge in [-0.05, 0) is 173 Å². The monoisotopic (exact) mass is 907 g/mol. The van der Waals surface area contributed by atoms with Crippen molar-refractivity contribution in [1.29, 1.82) is 0 Å². The average Bonchev–Trinajstić information content (AvgIpc) is 3.34. The lowest BCUT2D eigenvalue weighted by atomic mass is 9.67. The Kier molecular flexibility index (Phi) is 21.6. The zero-order chi connectivity index (χ0) is 46.0. The lowest BCUT2D eigenvalue weighted by Gasteiger charge is -2.38. The van der Waals surface area contributed by atoms with E-state index >= 15 is 17.6 Å². The van der Waals surface area contributed by atoms with Crippen LogP contribution in [-0.2, 0) is 4.74 Å². The van der Waals surface area contributed by atoms with Gasteiger partial charge in [0.2, 0.25) is 11.6 Å². The summed E-state index contributed by atoms with van der Waals surface area (Å²) in [6.45, 7) is 9.48. The Morgan fingerprint density at radius 3 is 1.14 bits per heavy atom. The van der Waals surface area contributed by atoms with Gasteiger partial charge >= 0.3 is 0 Å². The van der Waals surface area contributed by atoms with E-state index in [1.54, 1.807) is 24.3 Å². The molecule has 3 nitrogen and oxygen atoms in total. The average molecular weight is 907 g/mol. The van der Waals surface area contributed by atoms with Crippen LogP contribution >= 0.6 is 0 Å². The van der Waals surface area contributed by atoms with E-state index in [0.717, 1.165) is 86.2 Å². The number of ether oxygens (including phenoxy) is 3. The Morgan fingerprint density at radius 2 is 0.800 bits per heavy atom. The lowest BCUT2D eigenvalue weighted by molar-refractivity contribution is 0.152. The van der Waals surface area contributed by atoms with Crippen LogP contribution in [0.4, 0.5) is 17.6 Å². The van der Waals surface area contributed by atoms with Gasteiger partial charge < -0.3 is 14.2 Å². The summed E-state index contributed by atoms with van der Waals surface area (Å²) in [5.74, 6) is 1.18. The van der Waals surface area contributed by atoms with E-state index in [4.69, 9.17) is 14.2 Å². The van der Waals surface area contributed by atoms with Crippen molar-refractivity contribution < 1.29 is 31.8 Å². The maximum absolute atomic E-state index is 16.1. The Bertz CT molecular complexity index is 1630. The fourth-order valence-electron chi connectivity index (χ4n) is 12.6. The first-order valence-electron chi connectivity index (χ1n) is 27.0. The molecule has 0 unspecified atom stereocenters. The highest BCUT2D eigenvalue weighted by atomic mass is 19.2. The van der Waals surface area contributed by atoms with Gasteiger partial charge in [-0.1, -0.05) is 117 Å². The maximum atomic E-state index is 16.1. The molecule has 2 aromatic carbocycles. The molecular weight excluding hydrogens is 821 g/mol. The number of allylic oxidation sites excluding steroid dienone is 2. The minimum atomic E-state index is -0.940. The first kappa shape index (κ1) is 51.6. The second-order valence-corrected chi connectivity index (χ2v) is 20.8. The topological polar surface area (TPSA) is 27.7 Å². The van der Waals surface area contributed by atoms with Crippen LogP contribution in [0.1, 0.15) is 206 Å². The molecular formula is C58H86F4O3. The molecule has 0 N–H and O–H groups in total. The first-order chi connectivity index (χ1) is 31.8. The summed E-state index contributed by atoms with van der Waals surface area (Å²) in [6, 6.07) is 6.50. The van der Waals surface area contributed by atoms with Crippen molar-refractivity contribution in [1.82, 2.24) is 0 Å². The van der Waals surface area contributed by atoms with Crippen molar-refractivity contribution in [3.63, 3.8) is 0 Å². The van der Waals surface area contributed by atoms with Crippen LogP contribution in [0.5, 0.6) is 11.5 Å². The second kappa shape index (κ2) is 27.3. The van der Waals surface area contributed by atoms with E-state index in [-0.39, 0.29) is 47.7 Å². The molecule has 4 aliphatic carbocycles. The molecule has 0 atom stereocenters. The Labute approximate surface area is 392 Å². The molecule has 2 aromatic rings. The molecule has 0 heterocycles. The normalized spacial score (nSPS) is 26.9. The minimum absolute atomic E-state index is 0.0526. The number of hydrogen-bond donors (Lipinski definition) is 0. The van der Waals surface area contributed by atoms with Gasteiger partial charge in [-0.2, -0.15) is 8.78 Å². The predicted molar refractivity (Wildman–Crippen MR) is 261 cm³/mol. The van der Waals surface area contributed by atoms with Crippen molar-refractivity contribution in [2.24, 2.45) is 47.3 Å². The van der Waals surface area contributed by atoms with E-state index in [1.807, 2.05) is 26.0 Å². The molecule has 0 saturated heterocycles. The standard InChI is InChI=1S/C58H86F4O3/c1-5-9-11-13-41-15-19-43(20-16-41)45-23-27-47(28-24-45)49(51-31-33-53(64-37-7-3)57(61)55(51)59)35-39-63-40-36-50(52-32-34-54(65-38-8-4)58(62)56(52)60)48-29-25-46(26-30-48)44-21-17-42(18-22-44)14-12-10-6-2/h31-36,41-48H,5-30,37-40H2,1-4H3. The summed E-state index contributed by atoms with van der Waals surface area (Å²) < 4.78 is 80.6. The van der Waals surface area contributed by atoms with Crippen LogP contribution in [0.2, 0.25) is 0 Å². The van der Waals surface area contributed by atoms with Crippen molar-refractivity contribution >= 4 is 11.1 Å². The molecule has 0 amide bonds. The van der Waals surface area contributed by atoms with E-state index in [1.165, 1.54) is 103 Å². The Hall–Kier alpha value is -2.80. The summed E-state index contributed by atoms with van der Waals surface area (Å²) in [7, 11) is 0. The van der Waals surface area contributed by atoms with Crippen LogP contribution < -0.4 is 9.47 Å². The van der Waals surface area contributed by atoms with Gasteiger partial charge in [0.25, 0.3) is 0 Å². The quantitative estimate of drug-likeness (QED) is 0.0776. The lowest BCUT2D eigenvalue weighted by Crippen LogP contribution is -2.26. The first-order valence-corrected chi connectivity index (χ1v) is 27.0. The third kappa shape index (κ3) is 14.6. The third-order valence-electron chi connectivity index (χ3n) is 16.5. The fourth-order valence-corrected chi connectivity index (χ4v) is 12.6. The molecule has 65 heavy (non-hydrogen) atoms. The Morgan fingerprint density at radius 1 is 0.446 bits per heavy atom. The highest BCUT2D eigenvalue weighted by molar-refractivity contribution is 5.70. The molecule has 4 saturated carbocycles. The molecule has 4 aliphatic rings. The molecule has 7 heteroatoms. The molecule has 0 aromatic heterocycles. The molecule has 0 spiro atoms. The number of hydrogen-bond acceptors (Lipinski definition) is 3. The number of unbranched alkanes of at least 4 members (excludes halogenated alkanes) is 4. The van der Waals surface area contributed by atoms with Crippen molar-refractivity contribution in [3.05, 3.63) is 70.8 Å². The van der Waals surface area contributed by atoms with Gasteiger partial charge in [-0.3, -0.25) is 0 Å². The maximum Gasteiger partial charge on any atom is 0.201 e. The van der Waals surface area contributed by atoms with Gasteiger partial charge in [0.1, 0.15) is 0 Å². The van der Waals surface area contributed by atoms with Crippen LogP contribution in [0.3, 0.4) is 0 Å². The zero-order valence-electron chi connectivity index (χ0n) is 41.0. The zero-order valence-corrected chi connectivity index (χ0v) is 41.0. The SMILES string of the molecule is CCCCCC1CCC(C2CCC(C(=CCOCC=C(c3ccc(OCCC)c(F)c3F)C3CCC(C4CCC(CCCCC)CC4)CC3)c3ccc(OCCC)c(F)c3F)CC2)CC1. The molecule has 0 bridgehead atoms. The van der Waals surface area contributed by atoms with Crippen LogP contribution in [0, 0.1) is 70.6 Å². The van der Waals surface area contributed by atoms with E-state index in [0.29, 0.717) is 37.9 Å². The summed E-state index contributed by atoms with van der Waals surface area (Å²) in [5, 5.41) is 0. The largest absolute Gasteiger partial charge is 0.490 e. The van der Waals surface area contributed by atoms with Gasteiger partial charge in [0, 0.05) is 11.1 Å². The summed E-state index contributed by atoms with van der Waals surface area (Å²) in [5.41, 5.74) is 2.17. The molecule has 6 rings (SSSR count). The van der Waals surface area contributed by atoms with Crippen LogP contribution in [-0.4, -0.2) is 26.4 Å². The van der Waals surface area contributed by atoms with Crippen LogP contribution in [0.25, 0.3) is 11.1 Å². The highest BCUT2D eigenvalue weighted by Crippen LogP contribution is 2.48. The molecule has 0 aliphatic heterocycles. The van der Waals surface area contributed by atoms with Gasteiger partial charge in [0.15, 0.2) is 23.1 Å². The summed E-state index contributed by atoms with van der Waals surface area (Å²) in [4.78, 5) is 0. The number of benzene rings is 2. The second-order valence-electron chi connectivity index (χ2n) is 20.8. The number of halogens is 4. The van der Waals surface area contributed by atoms with Gasteiger partial charge in [-0.15, -0.1) is 0 Å². The summed E-state index contributed by atoms with van der Waals surface area (Å²) in [6.07, 6.45) is 34.9. The van der Waals surface area contributed by atoms with Crippen molar-refractivity contribution in [3.8, 4) is 11.5 Å². The van der Waals surface area contributed by atoms with E-state index in [9.17, 15) is 0 Å². The van der Waals surface area contributed by atoms with E-state index < -0.39 is 23.3 Å². The van der Waals surface area contributed by atoms with Crippen molar-refractivity contribution in [2.45, 2.75) is 195 Å². The number of rotatable bonds is 24. The predicted octanol–water partition coefficient (Wildman–Crippen LogP) is 17.7. The summed E-state index contributed by atoms with van der Waals surface area (Å²) >= 11 is 0. The van der Waals surface area contributed by atoms with Crippen LogP contribution in [0.15, 0.2) is 36.4 Å². The minimum Gasteiger partial charge on any atom is -0.490 e. The fraction of sp³-hybridized carbons (Fsp3) is 0.724. The van der Waals surface area contributed by atoms with Gasteiger partial charge in [-0.25, -0.2) is 8.78 Å². The Balaban J connectivity index is 1.14. The molecule has 4 fully saturated rings.